The standard InChI is InChI=1S/C37H51N7O17.La/c1-7-25(41(34(51)52)31-28(48)22(45)10-13-38(31)16-19-59-4)37(44(57)58,26(8-2)42(35(53)54)32-29(49)23(46)11-14-39(32)17-20-60-5)27(9-3)43(36(55)56)33-30(50)24(47)12-15-40(33)18-21-61-6;/h10-15,25-27,48-50H,7-9,16-21H2,1-6H3,(H,51,52)(H,53,54)(H,55,56);/q;+3/p-3. The van der Waals surface area contributed by atoms with Crippen LogP contribution in [0.5, 0.6) is 17.2 Å². The fourth-order valence-electron chi connectivity index (χ4n) is 7.79. The molecule has 3 amide bonds. The van der Waals surface area contributed by atoms with Gasteiger partial charge >= 0.3 is 35.6 Å². The normalized spacial score (nSPS) is 13.5. The van der Waals surface area contributed by atoms with E-state index in [4.69, 9.17) is 14.2 Å². The predicted molar refractivity (Wildman–Crippen MR) is 208 cm³/mol. The van der Waals surface area contributed by atoms with Gasteiger partial charge in [0.2, 0.25) is 33.5 Å². The number of hydrogen-bond donors (Lipinski definition) is 3. The molecule has 0 saturated heterocycles. The number of methoxy groups -OCH3 is 3. The van der Waals surface area contributed by atoms with E-state index in [0.717, 1.165) is 50.5 Å². The third kappa shape index (κ3) is 10.2. The van der Waals surface area contributed by atoms with Crippen LogP contribution in [0.15, 0.2) is 51.2 Å². The van der Waals surface area contributed by atoms with Crippen LogP contribution in [0, 0.1) is 45.7 Å². The van der Waals surface area contributed by atoms with Crippen LogP contribution < -0.4 is 46.3 Å². The molecule has 336 valence electrons. The smallest absolute Gasteiger partial charge is 0.530 e. The van der Waals surface area contributed by atoms with Gasteiger partial charge in [-0.2, -0.15) is 0 Å². The van der Waals surface area contributed by atoms with Gasteiger partial charge in [-0.1, -0.05) is 20.8 Å². The molecule has 3 rings (SSSR count). The fourth-order valence-corrected chi connectivity index (χ4v) is 7.79. The number of carboxylic acid groups (broad SMARTS) is 3. The maximum atomic E-state index is 14.6. The van der Waals surface area contributed by atoms with Crippen molar-refractivity contribution in [2.45, 2.75) is 83.3 Å². The number of carbonyl (C=O) groups excluding carboxylic acids is 3. The second kappa shape index (κ2) is 23.1. The van der Waals surface area contributed by atoms with E-state index < -0.39 is 117 Å². The van der Waals surface area contributed by atoms with Gasteiger partial charge in [-0.05, 0) is 19.3 Å². The zero-order valence-electron chi connectivity index (χ0n) is 34.8. The Labute approximate surface area is 381 Å². The zero-order chi connectivity index (χ0) is 45.9. The number of anilines is 3. The SMILES string of the molecule is CCC(N(C(=O)[O-])c1c(O)c(=O)ccn1CCOC)C(C(CC)N(C(=O)[O-])c1c(O)c(=O)ccn1CCOC)(C(CC)N(C(=O)[O-])c1c(O)c(=O)ccn1CCOC)[N+](=O)[O-].[La+3]. The van der Waals surface area contributed by atoms with Crippen LogP contribution in [-0.2, 0) is 33.8 Å². The number of nitrogens with zero attached hydrogens (tertiary/aromatic N) is 7. The van der Waals surface area contributed by atoms with Gasteiger partial charge in [0.15, 0.2) is 17.5 Å². The predicted octanol–water partition coefficient (Wildman–Crippen LogP) is -1.57. The van der Waals surface area contributed by atoms with E-state index in [1.165, 1.54) is 42.1 Å². The largest absolute Gasteiger partial charge is 3.00 e. The van der Waals surface area contributed by atoms with Gasteiger partial charge in [0.25, 0.3) is 5.54 Å². The minimum atomic E-state index is -3.49. The van der Waals surface area contributed by atoms with Crippen molar-refractivity contribution in [1.82, 2.24) is 13.7 Å². The molecule has 0 fully saturated rings. The van der Waals surface area contributed by atoms with Crippen molar-refractivity contribution in [3.63, 3.8) is 0 Å². The number of aromatic nitrogens is 3. The summed E-state index contributed by atoms with van der Waals surface area (Å²) in [6.07, 6.45) is -6.22. The summed E-state index contributed by atoms with van der Waals surface area (Å²) in [4.78, 5) is 93.6. The molecule has 25 heteroatoms. The molecule has 0 aliphatic heterocycles. The molecule has 3 heterocycles. The van der Waals surface area contributed by atoms with Crippen LogP contribution in [0.3, 0.4) is 0 Å². The van der Waals surface area contributed by atoms with Crippen molar-refractivity contribution < 1.29 is 99.8 Å². The van der Waals surface area contributed by atoms with Crippen molar-refractivity contribution >= 4 is 35.7 Å². The number of ether oxygens (including phenoxy) is 3. The second-order valence-corrected chi connectivity index (χ2v) is 13.4. The summed E-state index contributed by atoms with van der Waals surface area (Å²) in [5, 5.41) is 89.3. The molecule has 3 atom stereocenters. The Bertz CT molecular complexity index is 2010. The van der Waals surface area contributed by atoms with E-state index >= 15 is 0 Å². The minimum Gasteiger partial charge on any atom is -0.530 e. The molecule has 3 N–H and O–H groups in total. The first-order valence-corrected chi connectivity index (χ1v) is 18.8. The summed E-state index contributed by atoms with van der Waals surface area (Å²) in [5.41, 5.74) is -7.04. The minimum absolute atomic E-state index is 0. The molecule has 62 heavy (non-hydrogen) atoms. The van der Waals surface area contributed by atoms with Gasteiger partial charge in [-0.25, -0.2) is 0 Å². The molecule has 0 saturated carbocycles. The first-order chi connectivity index (χ1) is 28.9. The van der Waals surface area contributed by atoms with Gasteiger partial charge in [-0.3, -0.25) is 24.5 Å². The molecule has 0 spiro atoms. The first kappa shape index (κ1) is 52.7. The van der Waals surface area contributed by atoms with Crippen molar-refractivity contribution in [2.24, 2.45) is 0 Å². The third-order valence-corrected chi connectivity index (χ3v) is 10.3. The summed E-state index contributed by atoms with van der Waals surface area (Å²) in [6.45, 7) is 2.02. The summed E-state index contributed by atoms with van der Waals surface area (Å²) >= 11 is 0. The van der Waals surface area contributed by atoms with Gasteiger partial charge in [-0.15, -0.1) is 0 Å². The van der Waals surface area contributed by atoms with E-state index in [0.29, 0.717) is 0 Å². The summed E-state index contributed by atoms with van der Waals surface area (Å²) in [7, 11) is 3.80. The number of pyridine rings is 3. The van der Waals surface area contributed by atoms with Crippen LogP contribution in [-0.4, -0.2) is 117 Å². The Kier molecular flexibility index (Phi) is 19.6. The summed E-state index contributed by atoms with van der Waals surface area (Å²) in [6, 6.07) is -4.75. The summed E-state index contributed by atoms with van der Waals surface area (Å²) in [5.74, 6) is -6.66. The van der Waals surface area contributed by atoms with E-state index in [1.54, 1.807) is 0 Å². The van der Waals surface area contributed by atoms with Gasteiger partial charge in [0.05, 0.1) is 19.8 Å². The maximum absolute atomic E-state index is 14.6. The molecule has 0 radical (unpaired) electrons. The number of nitro groups is 1. The zero-order valence-corrected chi connectivity index (χ0v) is 38.5. The first-order valence-electron chi connectivity index (χ1n) is 18.8. The van der Waals surface area contributed by atoms with Crippen LogP contribution in [0.4, 0.5) is 31.8 Å². The van der Waals surface area contributed by atoms with Crippen LogP contribution in [0.2, 0.25) is 0 Å². The Morgan fingerprint density at radius 1 is 0.613 bits per heavy atom. The number of aromatic hydroxyl groups is 3. The van der Waals surface area contributed by atoms with Gasteiger partial charge < -0.3 is 87.6 Å². The van der Waals surface area contributed by atoms with Crippen molar-refractivity contribution in [2.75, 3.05) is 55.8 Å². The third-order valence-electron chi connectivity index (χ3n) is 10.3. The molecular formula is C37H48LaN7O17. The Morgan fingerprint density at radius 3 is 1.03 bits per heavy atom. The quantitative estimate of drug-likeness (QED) is 0.0756. The van der Waals surface area contributed by atoms with Crippen LogP contribution in [0.25, 0.3) is 0 Å². The Balaban J connectivity index is 0.0000132. The molecule has 0 aliphatic rings. The van der Waals surface area contributed by atoms with E-state index in [-0.39, 0.29) is 89.8 Å². The molecular weight excluding hydrogens is 953 g/mol. The molecule has 24 nitrogen and oxygen atoms in total. The van der Waals surface area contributed by atoms with Crippen molar-refractivity contribution in [3.05, 3.63) is 77.6 Å². The molecule has 0 aliphatic carbocycles. The molecule has 0 bridgehead atoms. The molecule has 3 aromatic rings. The van der Waals surface area contributed by atoms with Crippen molar-refractivity contribution in [1.29, 1.82) is 0 Å². The monoisotopic (exact) mass is 1000 g/mol. The fraction of sp³-hybridized carbons (Fsp3) is 0.514. The van der Waals surface area contributed by atoms with E-state index in [9.17, 15) is 69.5 Å². The van der Waals surface area contributed by atoms with Crippen LogP contribution in [0.1, 0.15) is 40.0 Å². The number of carbonyl (C=O) groups is 3. The number of rotatable bonds is 22. The second-order valence-electron chi connectivity index (χ2n) is 13.4. The molecule has 3 unspecified atom stereocenters. The van der Waals surface area contributed by atoms with Crippen LogP contribution >= 0.6 is 0 Å². The Morgan fingerprint density at radius 2 is 0.855 bits per heavy atom. The van der Waals surface area contributed by atoms with E-state index in [1.807, 2.05) is 0 Å². The van der Waals surface area contributed by atoms with E-state index in [2.05, 4.69) is 0 Å². The number of hydrogen-bond acceptors (Lipinski definition) is 17. The Hall–Kier alpha value is -5.47. The molecule has 3 aromatic heterocycles. The van der Waals surface area contributed by atoms with Gasteiger partial charge in [0.1, 0.15) is 36.4 Å². The topological polar surface area (TPSA) is 328 Å². The summed E-state index contributed by atoms with van der Waals surface area (Å²) < 4.78 is 18.2. The number of amides is 3. The average Bonchev–Trinajstić information content (AvgIpc) is 3.21. The average molecular weight is 1000 g/mol. The van der Waals surface area contributed by atoms with Gasteiger partial charge in [0, 0.05) is 82.7 Å². The van der Waals surface area contributed by atoms with Crippen molar-refractivity contribution in [3.8, 4) is 17.2 Å². The maximum Gasteiger partial charge on any atom is 3.00 e. The molecule has 0 aromatic carbocycles.